The number of rotatable bonds is 5. The molecule has 0 atom stereocenters. The minimum absolute atomic E-state index is 0.188. The van der Waals surface area contributed by atoms with E-state index in [4.69, 9.17) is 4.74 Å². The second-order valence-electron chi connectivity index (χ2n) is 6.33. The Morgan fingerprint density at radius 1 is 1.26 bits per heavy atom. The predicted molar refractivity (Wildman–Crippen MR) is 88.0 cm³/mol. The molecule has 0 saturated carbocycles. The number of ether oxygens (including phenoxy) is 1. The van der Waals surface area contributed by atoms with Crippen molar-refractivity contribution in [3.8, 4) is 0 Å². The smallest absolute Gasteiger partial charge is 0.275 e. The summed E-state index contributed by atoms with van der Waals surface area (Å²) in [6.07, 6.45) is 1.73. The number of nitrogens with zero attached hydrogens (tertiary/aromatic N) is 2. The summed E-state index contributed by atoms with van der Waals surface area (Å²) in [5, 5.41) is 12.1. The van der Waals surface area contributed by atoms with Crippen molar-refractivity contribution in [3.05, 3.63) is 40.1 Å². The Balaban J connectivity index is 2.74. The maximum atomic E-state index is 12.6. The Bertz CT molecular complexity index is 847. The molecule has 2 aromatic rings. The van der Waals surface area contributed by atoms with Gasteiger partial charge in [0.25, 0.3) is 5.69 Å². The van der Waals surface area contributed by atoms with E-state index in [9.17, 15) is 18.5 Å². The van der Waals surface area contributed by atoms with Gasteiger partial charge in [-0.25, -0.2) is 8.42 Å². The largest absolute Gasteiger partial charge is 0.364 e. The van der Waals surface area contributed by atoms with Crippen LogP contribution in [0.4, 0.5) is 5.69 Å². The average molecular weight is 340 g/mol. The van der Waals surface area contributed by atoms with Gasteiger partial charge in [-0.2, -0.15) is 0 Å². The predicted octanol–water partition coefficient (Wildman–Crippen LogP) is 2.87. The molecule has 8 heteroatoms. The standard InChI is InChI=1S/C15H20N2O5S/c1-15(2,3)23(20,21)9-12-13(17(18)19)6-5-11-7-8-16(10-22-4)14(11)12/h5-8H,9-10H2,1-4H3. The second-order valence-corrected chi connectivity index (χ2v) is 9.08. The maximum absolute atomic E-state index is 12.6. The van der Waals surface area contributed by atoms with Crippen LogP contribution in [0.25, 0.3) is 10.9 Å². The minimum Gasteiger partial charge on any atom is -0.364 e. The number of benzene rings is 1. The first-order valence-electron chi connectivity index (χ1n) is 7.05. The van der Waals surface area contributed by atoms with Crippen molar-refractivity contribution >= 4 is 26.4 Å². The molecular weight excluding hydrogens is 320 g/mol. The molecule has 0 aliphatic carbocycles. The summed E-state index contributed by atoms with van der Waals surface area (Å²) in [5.74, 6) is -0.391. The van der Waals surface area contributed by atoms with Crippen LogP contribution in [0.15, 0.2) is 24.4 Å². The normalized spacial score (nSPS) is 12.7. The van der Waals surface area contributed by atoms with Gasteiger partial charge in [-0.1, -0.05) is 0 Å². The number of nitro groups is 1. The molecule has 0 bridgehead atoms. The zero-order chi connectivity index (χ0) is 17.4. The molecule has 23 heavy (non-hydrogen) atoms. The van der Waals surface area contributed by atoms with E-state index in [1.807, 2.05) is 0 Å². The van der Waals surface area contributed by atoms with Crippen LogP contribution in [0.2, 0.25) is 0 Å². The molecule has 0 aliphatic heterocycles. The number of hydrogen-bond donors (Lipinski definition) is 0. The molecule has 126 valence electrons. The van der Waals surface area contributed by atoms with Crippen LogP contribution in [-0.2, 0) is 27.1 Å². The number of fused-ring (bicyclic) bond motifs is 1. The second kappa shape index (κ2) is 5.93. The number of nitro benzene ring substituents is 1. The average Bonchev–Trinajstić information content (AvgIpc) is 2.81. The van der Waals surface area contributed by atoms with Crippen molar-refractivity contribution in [2.24, 2.45) is 0 Å². The van der Waals surface area contributed by atoms with E-state index < -0.39 is 25.3 Å². The molecule has 0 unspecified atom stereocenters. The summed E-state index contributed by atoms with van der Waals surface area (Å²) < 4.78 is 30.9. The van der Waals surface area contributed by atoms with Crippen molar-refractivity contribution in [1.82, 2.24) is 4.57 Å². The van der Waals surface area contributed by atoms with Gasteiger partial charge >= 0.3 is 0 Å². The van der Waals surface area contributed by atoms with Gasteiger partial charge in [0.2, 0.25) is 0 Å². The van der Waals surface area contributed by atoms with Gasteiger partial charge in [-0.05, 0) is 32.9 Å². The van der Waals surface area contributed by atoms with Crippen LogP contribution < -0.4 is 0 Å². The lowest BCUT2D eigenvalue weighted by Crippen LogP contribution is -2.29. The number of methoxy groups -OCH3 is 1. The number of hydrogen-bond acceptors (Lipinski definition) is 5. The molecule has 0 aliphatic rings. The summed E-state index contributed by atoms with van der Waals surface area (Å²) in [6, 6.07) is 4.76. The molecule has 0 fully saturated rings. The lowest BCUT2D eigenvalue weighted by Gasteiger charge is -2.20. The van der Waals surface area contributed by atoms with Gasteiger partial charge in [0, 0.05) is 24.8 Å². The van der Waals surface area contributed by atoms with Crippen molar-refractivity contribution in [3.63, 3.8) is 0 Å². The van der Waals surface area contributed by atoms with Gasteiger partial charge < -0.3 is 9.30 Å². The first kappa shape index (κ1) is 17.4. The van der Waals surface area contributed by atoms with E-state index in [1.165, 1.54) is 13.2 Å². The summed E-state index contributed by atoms with van der Waals surface area (Å²) >= 11 is 0. The SMILES string of the molecule is COCn1ccc2ccc([N+](=O)[O-])c(CS(=O)(=O)C(C)(C)C)c21. The van der Waals surface area contributed by atoms with E-state index in [0.29, 0.717) is 5.52 Å². The molecule has 0 spiro atoms. The van der Waals surface area contributed by atoms with Gasteiger partial charge in [0.1, 0.15) is 6.73 Å². The highest BCUT2D eigenvalue weighted by molar-refractivity contribution is 7.92. The number of aromatic nitrogens is 1. The molecule has 0 radical (unpaired) electrons. The Morgan fingerprint density at radius 2 is 1.91 bits per heavy atom. The topological polar surface area (TPSA) is 91.4 Å². The highest BCUT2D eigenvalue weighted by Crippen LogP contribution is 2.33. The van der Waals surface area contributed by atoms with Crippen LogP contribution >= 0.6 is 0 Å². The van der Waals surface area contributed by atoms with E-state index in [2.05, 4.69) is 0 Å². The van der Waals surface area contributed by atoms with Crippen molar-refractivity contribution < 1.29 is 18.1 Å². The molecule has 0 amide bonds. The highest BCUT2D eigenvalue weighted by Gasteiger charge is 2.33. The van der Waals surface area contributed by atoms with E-state index in [0.717, 1.165) is 5.39 Å². The third-order valence-corrected chi connectivity index (χ3v) is 6.28. The van der Waals surface area contributed by atoms with E-state index in [-0.39, 0.29) is 18.0 Å². The Hall–Kier alpha value is -1.93. The summed E-state index contributed by atoms with van der Waals surface area (Å²) in [5.41, 5.74) is 0.528. The summed E-state index contributed by atoms with van der Waals surface area (Å²) in [6.45, 7) is 4.95. The zero-order valence-corrected chi connectivity index (χ0v) is 14.4. The molecule has 2 rings (SSSR count). The summed E-state index contributed by atoms with van der Waals surface area (Å²) in [7, 11) is -2.06. The molecule has 1 aromatic heterocycles. The highest BCUT2D eigenvalue weighted by atomic mass is 32.2. The Labute approximate surface area is 134 Å². The van der Waals surface area contributed by atoms with Crippen LogP contribution in [0.3, 0.4) is 0 Å². The van der Waals surface area contributed by atoms with Crippen molar-refractivity contribution in [1.29, 1.82) is 0 Å². The molecule has 1 aromatic carbocycles. The third kappa shape index (κ3) is 3.23. The zero-order valence-electron chi connectivity index (χ0n) is 13.6. The molecule has 7 nitrogen and oxygen atoms in total. The molecule has 0 N–H and O–H groups in total. The first-order valence-corrected chi connectivity index (χ1v) is 8.70. The summed E-state index contributed by atoms with van der Waals surface area (Å²) in [4.78, 5) is 10.8. The van der Waals surface area contributed by atoms with Gasteiger partial charge in [-0.15, -0.1) is 0 Å². The van der Waals surface area contributed by atoms with Crippen LogP contribution in [0.1, 0.15) is 26.3 Å². The van der Waals surface area contributed by atoms with Gasteiger partial charge in [-0.3, -0.25) is 10.1 Å². The fraction of sp³-hybridized carbons (Fsp3) is 0.467. The monoisotopic (exact) mass is 340 g/mol. The van der Waals surface area contributed by atoms with Crippen molar-refractivity contribution in [2.45, 2.75) is 38.0 Å². The quantitative estimate of drug-likeness (QED) is 0.616. The lowest BCUT2D eigenvalue weighted by atomic mass is 10.1. The number of sulfone groups is 1. The van der Waals surface area contributed by atoms with Crippen LogP contribution in [0.5, 0.6) is 0 Å². The Morgan fingerprint density at radius 3 is 2.43 bits per heavy atom. The van der Waals surface area contributed by atoms with Crippen LogP contribution in [-0.4, -0.2) is 29.8 Å². The van der Waals surface area contributed by atoms with Crippen LogP contribution in [0, 0.1) is 10.1 Å². The third-order valence-electron chi connectivity index (χ3n) is 3.74. The fourth-order valence-electron chi connectivity index (χ4n) is 2.33. The molecule has 1 heterocycles. The van der Waals surface area contributed by atoms with E-state index >= 15 is 0 Å². The molecule has 0 saturated heterocycles. The van der Waals surface area contributed by atoms with Crippen molar-refractivity contribution in [2.75, 3.05) is 7.11 Å². The fourth-order valence-corrected chi connectivity index (χ4v) is 3.43. The van der Waals surface area contributed by atoms with Gasteiger partial charge in [0.15, 0.2) is 9.84 Å². The minimum atomic E-state index is -3.57. The van der Waals surface area contributed by atoms with Gasteiger partial charge in [0.05, 0.1) is 26.5 Å². The Kier molecular flexibility index (Phi) is 4.50. The molecular formula is C15H20N2O5S. The lowest BCUT2D eigenvalue weighted by molar-refractivity contribution is -0.385. The maximum Gasteiger partial charge on any atom is 0.275 e. The van der Waals surface area contributed by atoms with E-state index in [1.54, 1.807) is 43.7 Å². The first-order chi connectivity index (χ1) is 10.6.